The number of nitrogen functional groups attached to an aromatic ring is 1. The van der Waals surface area contributed by atoms with E-state index in [-0.39, 0.29) is 30.7 Å². The predicted molar refractivity (Wildman–Crippen MR) is 104 cm³/mol. The lowest BCUT2D eigenvalue weighted by Crippen LogP contribution is -2.45. The number of aryl methyl sites for hydroxylation is 1. The minimum atomic E-state index is 0. The number of nitrogens with zero attached hydrogens (tertiary/aromatic N) is 1. The highest BCUT2D eigenvalue weighted by Crippen LogP contribution is 2.30. The summed E-state index contributed by atoms with van der Waals surface area (Å²) in [5.41, 5.74) is 7.76. The third kappa shape index (κ3) is 6.50. The van der Waals surface area contributed by atoms with Crippen molar-refractivity contribution >= 4 is 36.4 Å². The number of piperidine rings is 1. The van der Waals surface area contributed by atoms with Crippen LogP contribution in [0.5, 0.6) is 0 Å². The van der Waals surface area contributed by atoms with E-state index in [4.69, 9.17) is 5.73 Å². The number of anilines is 1. The number of amides is 1. The van der Waals surface area contributed by atoms with Gasteiger partial charge in [-0.1, -0.05) is 18.2 Å². The van der Waals surface area contributed by atoms with Crippen LogP contribution in [0.4, 0.5) is 5.69 Å². The molecule has 1 amide bonds. The van der Waals surface area contributed by atoms with E-state index in [9.17, 15) is 4.79 Å². The van der Waals surface area contributed by atoms with E-state index < -0.39 is 0 Å². The second kappa shape index (κ2) is 10.1. The van der Waals surface area contributed by atoms with E-state index in [0.29, 0.717) is 12.5 Å². The number of halogens is 2. The lowest BCUT2D eigenvalue weighted by atomic mass is 10.0. The topological polar surface area (TPSA) is 58.4 Å². The van der Waals surface area contributed by atoms with Crippen molar-refractivity contribution in [3.63, 3.8) is 0 Å². The molecule has 1 aromatic carbocycles. The number of likely N-dealkylation sites (tertiary alicyclic amines) is 1. The van der Waals surface area contributed by atoms with Crippen LogP contribution < -0.4 is 11.1 Å². The Kier molecular flexibility index (Phi) is 8.88. The van der Waals surface area contributed by atoms with Crippen LogP contribution in [-0.2, 0) is 11.2 Å². The lowest BCUT2D eigenvalue weighted by Gasteiger charge is -2.32. The van der Waals surface area contributed by atoms with Gasteiger partial charge in [0.15, 0.2) is 0 Å². The Morgan fingerprint density at radius 3 is 2.42 bits per heavy atom. The molecule has 1 aliphatic carbocycles. The molecule has 1 saturated carbocycles. The molecule has 0 bridgehead atoms. The molecule has 0 unspecified atom stereocenters. The van der Waals surface area contributed by atoms with Gasteiger partial charge in [0, 0.05) is 37.8 Å². The SMILES string of the molecule is Cl.Cl.Nc1ccccc1CCC(=O)NC1CCN(CC2CC2)CC1. The van der Waals surface area contributed by atoms with Crippen LogP contribution in [0.2, 0.25) is 0 Å². The Labute approximate surface area is 157 Å². The molecule has 1 heterocycles. The average Bonchev–Trinajstić information content (AvgIpc) is 3.32. The van der Waals surface area contributed by atoms with E-state index >= 15 is 0 Å². The minimum absolute atomic E-state index is 0. The van der Waals surface area contributed by atoms with Gasteiger partial charge in [-0.25, -0.2) is 0 Å². The highest BCUT2D eigenvalue weighted by atomic mass is 35.5. The first kappa shape index (κ1) is 21.1. The number of nitrogens with one attached hydrogen (secondary N) is 1. The number of carbonyl (C=O) groups excluding carboxylic acids is 1. The van der Waals surface area contributed by atoms with E-state index in [0.717, 1.165) is 49.5 Å². The van der Waals surface area contributed by atoms with Gasteiger partial charge in [-0.05, 0) is 49.7 Å². The molecule has 6 heteroatoms. The molecule has 2 fully saturated rings. The number of hydrogen-bond acceptors (Lipinski definition) is 3. The van der Waals surface area contributed by atoms with Gasteiger partial charge in [0.1, 0.15) is 0 Å². The van der Waals surface area contributed by atoms with Gasteiger partial charge in [0.2, 0.25) is 5.91 Å². The zero-order chi connectivity index (χ0) is 15.4. The summed E-state index contributed by atoms with van der Waals surface area (Å²) in [6.07, 6.45) is 6.26. The second-order valence-electron chi connectivity index (χ2n) is 6.78. The van der Waals surface area contributed by atoms with Crippen molar-refractivity contribution in [3.8, 4) is 0 Å². The molecule has 0 spiro atoms. The smallest absolute Gasteiger partial charge is 0.220 e. The van der Waals surface area contributed by atoms with E-state index in [1.165, 1.54) is 19.4 Å². The zero-order valence-corrected chi connectivity index (χ0v) is 15.7. The van der Waals surface area contributed by atoms with Gasteiger partial charge < -0.3 is 16.0 Å². The number of nitrogens with two attached hydrogens (primary N) is 1. The monoisotopic (exact) mass is 373 g/mol. The molecule has 24 heavy (non-hydrogen) atoms. The fraction of sp³-hybridized carbons (Fsp3) is 0.611. The van der Waals surface area contributed by atoms with Crippen molar-refractivity contribution in [2.75, 3.05) is 25.4 Å². The van der Waals surface area contributed by atoms with Gasteiger partial charge in [-0.2, -0.15) is 0 Å². The van der Waals surface area contributed by atoms with Crippen LogP contribution in [0.25, 0.3) is 0 Å². The molecule has 1 aromatic rings. The predicted octanol–water partition coefficient (Wildman–Crippen LogP) is 3.04. The third-order valence-electron chi connectivity index (χ3n) is 4.84. The molecule has 1 aliphatic heterocycles. The number of hydrogen-bond donors (Lipinski definition) is 2. The van der Waals surface area contributed by atoms with Crippen LogP contribution in [0, 0.1) is 5.92 Å². The van der Waals surface area contributed by atoms with Crippen molar-refractivity contribution in [2.45, 2.75) is 44.6 Å². The van der Waals surface area contributed by atoms with Gasteiger partial charge in [0.05, 0.1) is 0 Å². The zero-order valence-electron chi connectivity index (χ0n) is 14.1. The largest absolute Gasteiger partial charge is 0.399 e. The van der Waals surface area contributed by atoms with E-state index in [1.807, 2.05) is 24.3 Å². The molecule has 0 aromatic heterocycles. The number of benzene rings is 1. The maximum Gasteiger partial charge on any atom is 0.220 e. The lowest BCUT2D eigenvalue weighted by molar-refractivity contribution is -0.122. The summed E-state index contributed by atoms with van der Waals surface area (Å²) in [5.74, 6) is 1.12. The van der Waals surface area contributed by atoms with Crippen molar-refractivity contribution < 1.29 is 4.79 Å². The molecule has 0 atom stereocenters. The van der Waals surface area contributed by atoms with Crippen molar-refractivity contribution in [1.82, 2.24) is 10.2 Å². The van der Waals surface area contributed by atoms with Crippen LogP contribution in [0.3, 0.4) is 0 Å². The molecule has 3 rings (SSSR count). The first-order valence-electron chi connectivity index (χ1n) is 8.56. The van der Waals surface area contributed by atoms with E-state index in [2.05, 4.69) is 10.2 Å². The van der Waals surface area contributed by atoms with E-state index in [1.54, 1.807) is 0 Å². The maximum absolute atomic E-state index is 12.1. The van der Waals surface area contributed by atoms with Crippen molar-refractivity contribution in [2.24, 2.45) is 5.92 Å². The summed E-state index contributed by atoms with van der Waals surface area (Å²) in [5, 5.41) is 3.19. The molecule has 2 aliphatic rings. The van der Waals surface area contributed by atoms with Gasteiger partial charge >= 0.3 is 0 Å². The number of rotatable bonds is 6. The molecule has 3 N–H and O–H groups in total. The molecular formula is C18H29Cl2N3O. The highest BCUT2D eigenvalue weighted by molar-refractivity contribution is 5.85. The van der Waals surface area contributed by atoms with Crippen LogP contribution in [0.1, 0.15) is 37.7 Å². The summed E-state index contributed by atoms with van der Waals surface area (Å²) >= 11 is 0. The average molecular weight is 374 g/mol. The minimum Gasteiger partial charge on any atom is -0.399 e. The van der Waals surface area contributed by atoms with Crippen LogP contribution in [-0.4, -0.2) is 36.5 Å². The Bertz CT molecular complexity index is 515. The first-order valence-corrected chi connectivity index (χ1v) is 8.56. The molecule has 4 nitrogen and oxygen atoms in total. The first-order chi connectivity index (χ1) is 10.7. The molecule has 0 radical (unpaired) electrons. The Balaban J connectivity index is 0.00000144. The number of para-hydroxylation sites is 1. The molecule has 136 valence electrons. The summed E-state index contributed by atoms with van der Waals surface area (Å²) < 4.78 is 0. The summed E-state index contributed by atoms with van der Waals surface area (Å²) in [6.45, 7) is 3.54. The Morgan fingerprint density at radius 2 is 1.79 bits per heavy atom. The van der Waals surface area contributed by atoms with Crippen LogP contribution in [0.15, 0.2) is 24.3 Å². The van der Waals surface area contributed by atoms with Gasteiger partial charge in [-0.15, -0.1) is 24.8 Å². The Morgan fingerprint density at radius 1 is 1.12 bits per heavy atom. The fourth-order valence-electron chi connectivity index (χ4n) is 3.24. The normalized spacial score (nSPS) is 18.3. The Hall–Kier alpha value is -0.970. The van der Waals surface area contributed by atoms with Gasteiger partial charge in [0.25, 0.3) is 0 Å². The van der Waals surface area contributed by atoms with Crippen molar-refractivity contribution in [3.05, 3.63) is 29.8 Å². The third-order valence-corrected chi connectivity index (χ3v) is 4.84. The maximum atomic E-state index is 12.1. The number of carbonyl (C=O) groups is 1. The summed E-state index contributed by atoms with van der Waals surface area (Å²) in [6, 6.07) is 8.14. The quantitative estimate of drug-likeness (QED) is 0.753. The molecule has 1 saturated heterocycles. The summed E-state index contributed by atoms with van der Waals surface area (Å²) in [7, 11) is 0. The fourth-order valence-corrected chi connectivity index (χ4v) is 3.24. The highest BCUT2D eigenvalue weighted by Gasteiger charge is 2.27. The summed E-state index contributed by atoms with van der Waals surface area (Å²) in [4.78, 5) is 14.7. The standard InChI is InChI=1S/C18H27N3O.2ClH/c19-17-4-2-1-3-15(17)7-8-18(22)20-16-9-11-21(12-10-16)13-14-5-6-14;;/h1-4,14,16H,5-13,19H2,(H,20,22);2*1H. The van der Waals surface area contributed by atoms with Gasteiger partial charge in [-0.3, -0.25) is 4.79 Å². The second-order valence-corrected chi connectivity index (χ2v) is 6.78. The van der Waals surface area contributed by atoms with Crippen molar-refractivity contribution in [1.29, 1.82) is 0 Å². The van der Waals surface area contributed by atoms with Crippen LogP contribution >= 0.6 is 24.8 Å². The molecular weight excluding hydrogens is 345 g/mol.